The van der Waals surface area contributed by atoms with Gasteiger partial charge in [0.2, 0.25) is 10.0 Å². The van der Waals surface area contributed by atoms with E-state index in [1.165, 1.54) is 5.56 Å². The van der Waals surface area contributed by atoms with E-state index in [-0.39, 0.29) is 6.54 Å². The fourth-order valence-corrected chi connectivity index (χ4v) is 4.24. The van der Waals surface area contributed by atoms with Gasteiger partial charge in [-0.05, 0) is 60.2 Å². The Bertz CT molecular complexity index is 1020. The zero-order valence-electron chi connectivity index (χ0n) is 13.4. The zero-order chi connectivity index (χ0) is 16.7. The van der Waals surface area contributed by atoms with Crippen LogP contribution in [0.15, 0.2) is 45.7 Å². The van der Waals surface area contributed by atoms with E-state index in [1.54, 1.807) is 19.1 Å². The Morgan fingerprint density at radius 1 is 1.12 bits per heavy atom. The summed E-state index contributed by atoms with van der Waals surface area (Å²) in [4.78, 5) is 4.61. The second kappa shape index (κ2) is 5.72. The molecule has 0 saturated heterocycles. The van der Waals surface area contributed by atoms with Gasteiger partial charge in [0.25, 0.3) is 0 Å². The lowest BCUT2D eigenvalue weighted by molar-refractivity contribution is 0.561. The van der Waals surface area contributed by atoms with Gasteiger partial charge in [0.05, 0.1) is 4.90 Å². The topological polar surface area (TPSA) is 72.2 Å². The quantitative estimate of drug-likeness (QED) is 0.791. The highest BCUT2D eigenvalue weighted by Crippen LogP contribution is 2.25. The van der Waals surface area contributed by atoms with Crippen molar-refractivity contribution in [2.75, 3.05) is 0 Å². The van der Waals surface area contributed by atoms with Crippen molar-refractivity contribution in [3.8, 4) is 0 Å². The molecule has 1 heterocycles. The summed E-state index contributed by atoms with van der Waals surface area (Å²) in [5.41, 5.74) is 4.71. The Morgan fingerprint density at radius 2 is 1.96 bits per heavy atom. The average Bonchev–Trinajstić information content (AvgIpc) is 3.16. The van der Waals surface area contributed by atoms with Gasteiger partial charge in [0, 0.05) is 13.5 Å². The van der Waals surface area contributed by atoms with Crippen LogP contribution in [0.4, 0.5) is 0 Å². The predicted octanol–water partition coefficient (Wildman–Crippen LogP) is 3.10. The summed E-state index contributed by atoms with van der Waals surface area (Å²) in [5, 5.41) is 0. The second-order valence-corrected chi connectivity index (χ2v) is 7.91. The van der Waals surface area contributed by atoms with Gasteiger partial charge in [-0.15, -0.1) is 0 Å². The second-order valence-electron chi connectivity index (χ2n) is 6.14. The van der Waals surface area contributed by atoms with Gasteiger partial charge in [-0.25, -0.2) is 18.1 Å². The molecule has 5 nitrogen and oxygen atoms in total. The molecular weight excluding hydrogens is 324 g/mol. The number of rotatable bonds is 4. The Hall–Kier alpha value is -2.18. The number of fused-ring (bicyclic) bond motifs is 2. The molecule has 2 aromatic carbocycles. The first-order valence-electron chi connectivity index (χ1n) is 7.99. The SMILES string of the molecule is Cc1nc2cc(CNS(=O)(=O)c3ccc4c(c3)CCC4)ccc2o1. The van der Waals surface area contributed by atoms with Crippen molar-refractivity contribution in [2.45, 2.75) is 37.6 Å². The van der Waals surface area contributed by atoms with E-state index < -0.39 is 10.0 Å². The molecule has 3 aromatic rings. The summed E-state index contributed by atoms with van der Waals surface area (Å²) in [6.07, 6.45) is 3.10. The average molecular weight is 342 g/mol. The smallest absolute Gasteiger partial charge is 0.240 e. The molecule has 1 aromatic heterocycles. The number of sulfonamides is 1. The summed E-state index contributed by atoms with van der Waals surface area (Å²) in [6.45, 7) is 2.01. The fraction of sp³-hybridized carbons (Fsp3) is 0.278. The van der Waals surface area contributed by atoms with Crippen molar-refractivity contribution in [1.29, 1.82) is 0 Å². The van der Waals surface area contributed by atoms with Crippen LogP contribution in [0.25, 0.3) is 11.1 Å². The molecule has 0 fully saturated rings. The molecule has 0 aliphatic heterocycles. The van der Waals surface area contributed by atoms with Crippen LogP contribution in [0.5, 0.6) is 0 Å². The molecule has 0 radical (unpaired) electrons. The number of nitrogens with zero attached hydrogens (tertiary/aromatic N) is 1. The first-order valence-corrected chi connectivity index (χ1v) is 9.47. The van der Waals surface area contributed by atoms with E-state index >= 15 is 0 Å². The lowest BCUT2D eigenvalue weighted by Crippen LogP contribution is -2.23. The highest BCUT2D eigenvalue weighted by Gasteiger charge is 2.18. The monoisotopic (exact) mass is 342 g/mol. The largest absolute Gasteiger partial charge is 0.441 e. The highest BCUT2D eigenvalue weighted by molar-refractivity contribution is 7.89. The number of benzene rings is 2. The molecule has 0 bridgehead atoms. The molecule has 1 N–H and O–H groups in total. The minimum atomic E-state index is -3.52. The summed E-state index contributed by atoms with van der Waals surface area (Å²) < 4.78 is 33.2. The molecule has 6 heteroatoms. The maximum absolute atomic E-state index is 12.5. The highest BCUT2D eigenvalue weighted by atomic mass is 32.2. The molecule has 0 amide bonds. The first kappa shape index (κ1) is 15.4. The van der Waals surface area contributed by atoms with Crippen molar-refractivity contribution in [1.82, 2.24) is 9.71 Å². The zero-order valence-corrected chi connectivity index (χ0v) is 14.2. The Morgan fingerprint density at radius 3 is 2.83 bits per heavy atom. The maximum atomic E-state index is 12.5. The van der Waals surface area contributed by atoms with Crippen LogP contribution in [0.1, 0.15) is 29.0 Å². The van der Waals surface area contributed by atoms with E-state index in [4.69, 9.17) is 4.42 Å². The van der Waals surface area contributed by atoms with E-state index in [0.29, 0.717) is 16.4 Å². The van der Waals surface area contributed by atoms with E-state index in [9.17, 15) is 8.42 Å². The Labute approximate surface area is 140 Å². The summed E-state index contributed by atoms with van der Waals surface area (Å²) in [6, 6.07) is 10.9. The van der Waals surface area contributed by atoms with Crippen LogP contribution in [0.3, 0.4) is 0 Å². The summed E-state index contributed by atoms with van der Waals surface area (Å²) in [7, 11) is -3.52. The number of aromatic nitrogens is 1. The fourth-order valence-electron chi connectivity index (χ4n) is 3.18. The molecule has 0 atom stereocenters. The number of hydrogen-bond donors (Lipinski definition) is 1. The van der Waals surface area contributed by atoms with Crippen molar-refractivity contribution >= 4 is 21.1 Å². The van der Waals surface area contributed by atoms with Gasteiger partial charge in [-0.1, -0.05) is 12.1 Å². The Balaban J connectivity index is 1.54. The van der Waals surface area contributed by atoms with E-state index in [2.05, 4.69) is 9.71 Å². The molecule has 4 rings (SSSR count). The molecule has 0 spiro atoms. The molecule has 124 valence electrons. The van der Waals surface area contributed by atoms with Crippen LogP contribution in [-0.4, -0.2) is 13.4 Å². The summed E-state index contributed by atoms with van der Waals surface area (Å²) >= 11 is 0. The lowest BCUT2D eigenvalue weighted by atomic mass is 10.1. The molecule has 1 aliphatic rings. The van der Waals surface area contributed by atoms with Crippen LogP contribution in [0.2, 0.25) is 0 Å². The Kier molecular flexibility index (Phi) is 3.66. The number of oxazole rings is 1. The van der Waals surface area contributed by atoms with Crippen molar-refractivity contribution < 1.29 is 12.8 Å². The van der Waals surface area contributed by atoms with Gasteiger partial charge in [0.1, 0.15) is 5.52 Å². The molecule has 24 heavy (non-hydrogen) atoms. The van der Waals surface area contributed by atoms with Gasteiger partial charge >= 0.3 is 0 Å². The minimum absolute atomic E-state index is 0.223. The predicted molar refractivity (Wildman–Crippen MR) is 91.2 cm³/mol. The summed E-state index contributed by atoms with van der Waals surface area (Å²) in [5.74, 6) is 0.598. The first-order chi connectivity index (χ1) is 11.5. The molecular formula is C18H18N2O3S. The molecule has 0 unspecified atom stereocenters. The number of hydrogen-bond acceptors (Lipinski definition) is 4. The molecule has 1 aliphatic carbocycles. The minimum Gasteiger partial charge on any atom is -0.441 e. The van der Waals surface area contributed by atoms with Crippen LogP contribution in [-0.2, 0) is 29.4 Å². The van der Waals surface area contributed by atoms with Crippen LogP contribution in [0, 0.1) is 6.92 Å². The van der Waals surface area contributed by atoms with E-state index in [0.717, 1.165) is 35.9 Å². The third kappa shape index (κ3) is 2.83. The van der Waals surface area contributed by atoms with Gasteiger partial charge in [-0.3, -0.25) is 0 Å². The number of nitrogens with one attached hydrogen (secondary N) is 1. The number of aryl methyl sites for hydroxylation is 3. The van der Waals surface area contributed by atoms with Crippen LogP contribution >= 0.6 is 0 Å². The maximum Gasteiger partial charge on any atom is 0.240 e. The van der Waals surface area contributed by atoms with Crippen molar-refractivity contribution in [3.05, 3.63) is 59.0 Å². The third-order valence-electron chi connectivity index (χ3n) is 4.41. The van der Waals surface area contributed by atoms with E-state index in [1.807, 2.05) is 24.3 Å². The molecule has 0 saturated carbocycles. The standard InChI is InChI=1S/C18H18N2O3S/c1-12-20-17-9-13(5-8-18(17)23-12)11-19-24(21,22)16-7-6-14-3-2-4-15(14)10-16/h5-10,19H,2-4,11H2,1H3. The third-order valence-corrected chi connectivity index (χ3v) is 5.80. The normalized spacial score (nSPS) is 14.2. The van der Waals surface area contributed by atoms with Crippen LogP contribution < -0.4 is 4.72 Å². The van der Waals surface area contributed by atoms with Gasteiger partial charge in [-0.2, -0.15) is 0 Å². The van der Waals surface area contributed by atoms with Crippen molar-refractivity contribution in [2.24, 2.45) is 0 Å². The lowest BCUT2D eigenvalue weighted by Gasteiger charge is -2.08. The van der Waals surface area contributed by atoms with Gasteiger partial charge in [0.15, 0.2) is 11.5 Å². The van der Waals surface area contributed by atoms with Gasteiger partial charge < -0.3 is 4.42 Å². The van der Waals surface area contributed by atoms with Crippen molar-refractivity contribution in [3.63, 3.8) is 0 Å².